The van der Waals surface area contributed by atoms with E-state index in [1.807, 2.05) is 6.07 Å². The molecule has 0 N–H and O–H groups in total. The quantitative estimate of drug-likeness (QED) is 0.630. The molecule has 0 aliphatic heterocycles. The van der Waals surface area contributed by atoms with Crippen LogP contribution in [0.1, 0.15) is 11.1 Å². The number of esters is 1. The van der Waals surface area contributed by atoms with Gasteiger partial charge in [-0.1, -0.05) is 45.2 Å². The molecule has 1 aromatic rings. The average Bonchev–Trinajstić information content (AvgIpc) is 2.25. The largest absolute Gasteiger partial charge is 0.469 e. The van der Waals surface area contributed by atoms with Crippen molar-refractivity contribution in [1.82, 2.24) is 0 Å². The number of carbonyl (C=O) groups excluding carboxylic acids is 1. The minimum Gasteiger partial charge on any atom is -0.469 e. The van der Waals surface area contributed by atoms with Crippen LogP contribution in [0.25, 0.3) is 0 Å². The summed E-state index contributed by atoms with van der Waals surface area (Å²) in [4.78, 5) is 11.2. The molecule has 5 heteroatoms. The number of methoxy groups -OCH3 is 1. The van der Waals surface area contributed by atoms with Gasteiger partial charge in [0.15, 0.2) is 0 Å². The fourth-order valence-corrected chi connectivity index (χ4v) is 2.12. The van der Waals surface area contributed by atoms with Gasteiger partial charge in [0, 0.05) is 5.33 Å². The maximum Gasteiger partial charge on any atom is 0.310 e. The van der Waals surface area contributed by atoms with Crippen molar-refractivity contribution in [3.63, 3.8) is 0 Å². The summed E-state index contributed by atoms with van der Waals surface area (Å²) in [5, 5.41) is 1.48. The van der Waals surface area contributed by atoms with Crippen LogP contribution in [0.4, 0.5) is 0 Å². The van der Waals surface area contributed by atoms with Crippen LogP contribution in [-0.4, -0.2) is 13.1 Å². The zero-order valence-electron chi connectivity index (χ0n) is 8.02. The molecular formula is C10H9BrCl2O2. The van der Waals surface area contributed by atoms with Crippen LogP contribution in [0, 0.1) is 0 Å². The lowest BCUT2D eigenvalue weighted by atomic mass is 10.1. The number of rotatable bonds is 3. The summed E-state index contributed by atoms with van der Waals surface area (Å²) in [6.07, 6.45) is 0.136. The van der Waals surface area contributed by atoms with E-state index in [-0.39, 0.29) is 12.4 Å². The molecule has 0 saturated carbocycles. The molecule has 0 saturated heterocycles. The van der Waals surface area contributed by atoms with Crippen LogP contribution >= 0.6 is 39.1 Å². The van der Waals surface area contributed by atoms with Crippen molar-refractivity contribution in [2.24, 2.45) is 0 Å². The number of carbonyl (C=O) groups is 1. The van der Waals surface area contributed by atoms with Crippen LogP contribution in [0.5, 0.6) is 0 Å². The molecule has 0 spiro atoms. The molecule has 0 heterocycles. The molecular weight excluding hydrogens is 303 g/mol. The highest BCUT2D eigenvalue weighted by atomic mass is 79.9. The van der Waals surface area contributed by atoms with Crippen molar-refractivity contribution in [2.45, 2.75) is 11.8 Å². The highest BCUT2D eigenvalue weighted by Gasteiger charge is 2.13. The first-order valence-electron chi connectivity index (χ1n) is 4.18. The fourth-order valence-electron chi connectivity index (χ4n) is 1.17. The first kappa shape index (κ1) is 12.8. The van der Waals surface area contributed by atoms with Crippen molar-refractivity contribution >= 4 is 45.1 Å². The van der Waals surface area contributed by atoms with E-state index in [0.717, 1.165) is 5.56 Å². The van der Waals surface area contributed by atoms with Gasteiger partial charge < -0.3 is 4.74 Å². The summed E-state index contributed by atoms with van der Waals surface area (Å²) in [5.41, 5.74) is 1.66. The fraction of sp³-hybridized carbons (Fsp3) is 0.300. The van der Waals surface area contributed by atoms with Gasteiger partial charge in [0.05, 0.1) is 23.6 Å². The molecule has 0 bridgehead atoms. The number of halogens is 3. The van der Waals surface area contributed by atoms with Crippen molar-refractivity contribution in [1.29, 1.82) is 0 Å². The Morgan fingerprint density at radius 3 is 2.67 bits per heavy atom. The van der Waals surface area contributed by atoms with Gasteiger partial charge >= 0.3 is 5.97 Å². The average molecular weight is 312 g/mol. The van der Waals surface area contributed by atoms with E-state index in [2.05, 4.69) is 20.7 Å². The Morgan fingerprint density at radius 1 is 1.47 bits per heavy atom. The molecule has 15 heavy (non-hydrogen) atoms. The molecule has 0 unspecified atom stereocenters. The Morgan fingerprint density at radius 2 is 2.13 bits per heavy atom. The first-order chi connectivity index (χ1) is 7.10. The Kier molecular flexibility index (Phi) is 4.90. The molecule has 0 atom stereocenters. The second-order valence-corrected chi connectivity index (χ2v) is 4.23. The molecule has 1 rings (SSSR count). The van der Waals surface area contributed by atoms with Crippen LogP contribution in [-0.2, 0) is 21.3 Å². The van der Waals surface area contributed by atoms with Gasteiger partial charge in [-0.3, -0.25) is 4.79 Å². The third-order valence-electron chi connectivity index (χ3n) is 1.99. The summed E-state index contributed by atoms with van der Waals surface area (Å²) in [7, 11) is 1.34. The summed E-state index contributed by atoms with van der Waals surface area (Å²) in [6, 6.07) is 3.54. The zero-order valence-corrected chi connectivity index (χ0v) is 11.1. The molecule has 0 aromatic heterocycles. The maximum absolute atomic E-state index is 11.2. The van der Waals surface area contributed by atoms with Crippen molar-refractivity contribution in [3.8, 4) is 0 Å². The minimum absolute atomic E-state index is 0.136. The van der Waals surface area contributed by atoms with Gasteiger partial charge in [-0.15, -0.1) is 0 Å². The third-order valence-corrected chi connectivity index (χ3v) is 3.43. The first-order valence-corrected chi connectivity index (χ1v) is 6.06. The van der Waals surface area contributed by atoms with E-state index < -0.39 is 0 Å². The predicted octanol–water partition coefficient (Wildman–Crippen LogP) is 3.60. The van der Waals surface area contributed by atoms with Gasteiger partial charge in [0.25, 0.3) is 0 Å². The SMILES string of the molecule is COC(=O)Cc1c(CBr)ccc(Cl)c1Cl. The molecule has 1 aromatic carbocycles. The zero-order chi connectivity index (χ0) is 11.4. The highest BCUT2D eigenvalue weighted by molar-refractivity contribution is 9.08. The van der Waals surface area contributed by atoms with E-state index in [0.29, 0.717) is 20.9 Å². The van der Waals surface area contributed by atoms with Crippen LogP contribution in [0.2, 0.25) is 10.0 Å². The summed E-state index contributed by atoms with van der Waals surface area (Å²) in [6.45, 7) is 0. The Hall–Kier alpha value is -0.250. The summed E-state index contributed by atoms with van der Waals surface area (Å²) >= 11 is 15.2. The standard InChI is InChI=1S/C10H9BrCl2O2/c1-15-9(14)4-7-6(5-11)2-3-8(12)10(7)13/h2-3H,4-5H2,1H3. The van der Waals surface area contributed by atoms with Gasteiger partial charge in [0.1, 0.15) is 0 Å². The van der Waals surface area contributed by atoms with Crippen LogP contribution in [0.3, 0.4) is 0 Å². The number of benzene rings is 1. The van der Waals surface area contributed by atoms with Gasteiger partial charge in [0.2, 0.25) is 0 Å². The minimum atomic E-state index is -0.332. The third kappa shape index (κ3) is 3.10. The molecule has 0 fully saturated rings. The van der Waals surface area contributed by atoms with E-state index in [1.165, 1.54) is 7.11 Å². The van der Waals surface area contributed by atoms with Gasteiger partial charge in [-0.25, -0.2) is 0 Å². The van der Waals surface area contributed by atoms with Gasteiger partial charge in [-0.05, 0) is 17.2 Å². The van der Waals surface area contributed by atoms with Crippen molar-refractivity contribution < 1.29 is 9.53 Å². The number of alkyl halides is 1. The lowest BCUT2D eigenvalue weighted by molar-refractivity contribution is -0.139. The smallest absolute Gasteiger partial charge is 0.310 e. The highest BCUT2D eigenvalue weighted by Crippen LogP contribution is 2.30. The topological polar surface area (TPSA) is 26.3 Å². The van der Waals surface area contributed by atoms with Gasteiger partial charge in [-0.2, -0.15) is 0 Å². The summed E-state index contributed by atoms with van der Waals surface area (Å²) < 4.78 is 4.59. The normalized spacial score (nSPS) is 10.1. The van der Waals surface area contributed by atoms with E-state index in [9.17, 15) is 4.79 Å². The van der Waals surface area contributed by atoms with Crippen LogP contribution < -0.4 is 0 Å². The molecule has 0 aliphatic carbocycles. The number of ether oxygens (including phenoxy) is 1. The van der Waals surface area contributed by atoms with Crippen molar-refractivity contribution in [3.05, 3.63) is 33.3 Å². The van der Waals surface area contributed by atoms with E-state index >= 15 is 0 Å². The molecule has 0 radical (unpaired) electrons. The lowest BCUT2D eigenvalue weighted by Gasteiger charge is -2.09. The Labute approximate surface area is 107 Å². The Bertz CT molecular complexity index is 380. The molecule has 0 amide bonds. The number of hydrogen-bond acceptors (Lipinski definition) is 2. The van der Waals surface area contributed by atoms with Crippen LogP contribution in [0.15, 0.2) is 12.1 Å². The second-order valence-electron chi connectivity index (χ2n) is 2.89. The Balaban J connectivity index is 3.12. The van der Waals surface area contributed by atoms with Crippen molar-refractivity contribution in [2.75, 3.05) is 7.11 Å². The lowest BCUT2D eigenvalue weighted by Crippen LogP contribution is -2.07. The van der Waals surface area contributed by atoms with E-state index in [4.69, 9.17) is 23.2 Å². The predicted molar refractivity (Wildman–Crippen MR) is 64.8 cm³/mol. The molecule has 82 valence electrons. The second kappa shape index (κ2) is 5.73. The monoisotopic (exact) mass is 310 g/mol. The molecule has 0 aliphatic rings. The molecule has 2 nitrogen and oxygen atoms in total. The van der Waals surface area contributed by atoms with E-state index in [1.54, 1.807) is 6.07 Å². The maximum atomic E-state index is 11.2. The number of hydrogen-bond donors (Lipinski definition) is 0. The summed E-state index contributed by atoms with van der Waals surface area (Å²) in [5.74, 6) is -0.332.